The van der Waals surface area contributed by atoms with Crippen molar-refractivity contribution in [2.45, 2.75) is 19.4 Å². The van der Waals surface area contributed by atoms with E-state index in [2.05, 4.69) is 17.1 Å². The lowest BCUT2D eigenvalue weighted by atomic mass is 10.1. The van der Waals surface area contributed by atoms with E-state index in [0.29, 0.717) is 25.6 Å². The number of ether oxygens (including phenoxy) is 2. The van der Waals surface area contributed by atoms with Crippen LogP contribution >= 0.6 is 0 Å². The molecule has 138 valence electrons. The summed E-state index contributed by atoms with van der Waals surface area (Å²) in [6, 6.07) is 7.32. The van der Waals surface area contributed by atoms with Gasteiger partial charge in [0.25, 0.3) is 0 Å². The minimum atomic E-state index is 0.207. The van der Waals surface area contributed by atoms with Gasteiger partial charge >= 0.3 is 0 Å². The molecule has 1 atom stereocenters. The molecular weight excluding hydrogens is 332 g/mol. The number of nitrogens with zero attached hydrogens (tertiary/aromatic N) is 3. The minimum absolute atomic E-state index is 0.207. The Morgan fingerprint density at radius 2 is 2.00 bits per heavy atom. The van der Waals surface area contributed by atoms with Gasteiger partial charge in [0.05, 0.1) is 25.9 Å². The zero-order valence-electron chi connectivity index (χ0n) is 14.9. The zero-order valence-corrected chi connectivity index (χ0v) is 14.9. The molecule has 26 heavy (non-hydrogen) atoms. The molecule has 7 nitrogen and oxygen atoms in total. The summed E-state index contributed by atoms with van der Waals surface area (Å²) in [6.45, 7) is 6.53. The highest BCUT2D eigenvalue weighted by atomic mass is 16.5. The van der Waals surface area contributed by atoms with E-state index in [0.717, 1.165) is 48.9 Å². The fourth-order valence-corrected chi connectivity index (χ4v) is 3.34. The number of nitrogens with one attached hydrogen (secondary N) is 1. The lowest BCUT2D eigenvalue weighted by Gasteiger charge is -2.30. The van der Waals surface area contributed by atoms with Gasteiger partial charge in [-0.15, -0.1) is 0 Å². The molecule has 1 aromatic carbocycles. The lowest BCUT2D eigenvalue weighted by molar-refractivity contribution is 0.122. The van der Waals surface area contributed by atoms with Crippen LogP contribution in [-0.2, 0) is 9.47 Å². The minimum Gasteiger partial charge on any atom is -0.508 e. The van der Waals surface area contributed by atoms with Gasteiger partial charge in [0.2, 0.25) is 0 Å². The molecule has 1 aromatic heterocycles. The molecule has 0 spiro atoms. The van der Waals surface area contributed by atoms with Gasteiger partial charge in [-0.05, 0) is 25.5 Å². The Morgan fingerprint density at radius 3 is 2.73 bits per heavy atom. The summed E-state index contributed by atoms with van der Waals surface area (Å²) < 4.78 is 11.0. The van der Waals surface area contributed by atoms with Gasteiger partial charge in [0.1, 0.15) is 17.4 Å². The summed E-state index contributed by atoms with van der Waals surface area (Å²) >= 11 is 0. The van der Waals surface area contributed by atoms with E-state index in [4.69, 9.17) is 19.4 Å². The largest absolute Gasteiger partial charge is 0.508 e. The molecule has 0 bridgehead atoms. The Hall–Kier alpha value is -2.38. The maximum atomic E-state index is 9.83. The molecule has 4 rings (SSSR count). The second-order valence-corrected chi connectivity index (χ2v) is 6.70. The normalized spacial score (nSPS) is 20.3. The highest BCUT2D eigenvalue weighted by Crippen LogP contribution is 2.30. The van der Waals surface area contributed by atoms with Gasteiger partial charge in [0.15, 0.2) is 5.82 Å². The third-order valence-corrected chi connectivity index (χ3v) is 4.81. The number of anilines is 2. The standard InChI is InChI=1S/C19H24N4O3/c1-13-17(20-15-5-8-26-12-15)21-18(14-3-2-4-16(24)11-14)22-19(13)23-6-9-25-10-7-23/h2-4,11,15,24H,5-10,12H2,1H3,(H,20,21,22)/t15-/m1/s1. The van der Waals surface area contributed by atoms with Crippen molar-refractivity contribution in [2.75, 3.05) is 49.7 Å². The average molecular weight is 356 g/mol. The fraction of sp³-hybridized carbons (Fsp3) is 0.474. The van der Waals surface area contributed by atoms with Crippen LogP contribution in [0.1, 0.15) is 12.0 Å². The molecule has 2 aliphatic heterocycles. The van der Waals surface area contributed by atoms with Crippen LogP contribution in [0, 0.1) is 6.92 Å². The summed E-state index contributed by atoms with van der Waals surface area (Å²) in [5, 5.41) is 13.3. The van der Waals surface area contributed by atoms with Gasteiger partial charge in [-0.2, -0.15) is 0 Å². The Balaban J connectivity index is 1.74. The van der Waals surface area contributed by atoms with Crippen LogP contribution in [0.15, 0.2) is 24.3 Å². The highest BCUT2D eigenvalue weighted by Gasteiger charge is 2.22. The van der Waals surface area contributed by atoms with Gasteiger partial charge in [0, 0.05) is 30.8 Å². The smallest absolute Gasteiger partial charge is 0.164 e. The fourth-order valence-electron chi connectivity index (χ4n) is 3.34. The predicted molar refractivity (Wildman–Crippen MR) is 99.7 cm³/mol. The summed E-state index contributed by atoms with van der Waals surface area (Å²) in [6.07, 6.45) is 0.970. The van der Waals surface area contributed by atoms with Gasteiger partial charge in [-0.25, -0.2) is 9.97 Å². The number of morpholine rings is 1. The first-order chi connectivity index (χ1) is 12.7. The number of hydrogen-bond donors (Lipinski definition) is 2. The van der Waals surface area contributed by atoms with Crippen LogP contribution in [0.25, 0.3) is 11.4 Å². The number of aromatic nitrogens is 2. The lowest BCUT2D eigenvalue weighted by Crippen LogP contribution is -2.37. The van der Waals surface area contributed by atoms with Gasteiger partial charge < -0.3 is 24.8 Å². The Labute approximate surface area is 153 Å². The van der Waals surface area contributed by atoms with Crippen LogP contribution in [0.2, 0.25) is 0 Å². The molecule has 2 saturated heterocycles. The van der Waals surface area contributed by atoms with E-state index in [1.165, 1.54) is 0 Å². The number of rotatable bonds is 4. The Bertz CT molecular complexity index is 771. The van der Waals surface area contributed by atoms with Crippen LogP contribution < -0.4 is 10.2 Å². The molecule has 2 fully saturated rings. The molecular formula is C19H24N4O3. The Morgan fingerprint density at radius 1 is 1.15 bits per heavy atom. The third-order valence-electron chi connectivity index (χ3n) is 4.81. The molecule has 0 radical (unpaired) electrons. The van der Waals surface area contributed by atoms with Crippen LogP contribution in [-0.4, -0.2) is 60.6 Å². The SMILES string of the molecule is Cc1c(N[C@@H]2CCOC2)nc(-c2cccc(O)c2)nc1N1CCOCC1. The second kappa shape index (κ2) is 7.47. The molecule has 0 unspecified atom stereocenters. The summed E-state index contributed by atoms with van der Waals surface area (Å²) in [4.78, 5) is 11.8. The molecule has 7 heteroatoms. The molecule has 2 N–H and O–H groups in total. The number of phenols is 1. The second-order valence-electron chi connectivity index (χ2n) is 6.70. The topological polar surface area (TPSA) is 79.7 Å². The van der Waals surface area contributed by atoms with Crippen molar-refractivity contribution >= 4 is 11.6 Å². The number of phenolic OH excluding ortho intramolecular Hbond substituents is 1. The predicted octanol–water partition coefficient (Wildman–Crippen LogP) is 2.20. The van der Waals surface area contributed by atoms with E-state index in [9.17, 15) is 5.11 Å². The number of hydrogen-bond acceptors (Lipinski definition) is 7. The van der Waals surface area contributed by atoms with Crippen molar-refractivity contribution in [3.8, 4) is 17.1 Å². The quantitative estimate of drug-likeness (QED) is 0.869. The van der Waals surface area contributed by atoms with Crippen LogP contribution in [0.3, 0.4) is 0 Å². The molecule has 0 aliphatic carbocycles. The number of benzene rings is 1. The Kier molecular flexibility index (Phi) is 4.90. The van der Waals surface area contributed by atoms with Crippen molar-refractivity contribution in [3.05, 3.63) is 29.8 Å². The first kappa shape index (κ1) is 17.1. The zero-order chi connectivity index (χ0) is 17.9. The highest BCUT2D eigenvalue weighted by molar-refractivity contribution is 5.67. The van der Waals surface area contributed by atoms with Crippen molar-refractivity contribution in [1.29, 1.82) is 0 Å². The molecule has 0 amide bonds. The monoisotopic (exact) mass is 356 g/mol. The van der Waals surface area contributed by atoms with E-state index in [1.54, 1.807) is 18.2 Å². The van der Waals surface area contributed by atoms with E-state index in [-0.39, 0.29) is 11.8 Å². The summed E-state index contributed by atoms with van der Waals surface area (Å²) in [5.41, 5.74) is 1.83. The maximum Gasteiger partial charge on any atom is 0.164 e. The van der Waals surface area contributed by atoms with Crippen molar-refractivity contribution in [2.24, 2.45) is 0 Å². The summed E-state index contributed by atoms with van der Waals surface area (Å²) in [5.74, 6) is 2.56. The number of aromatic hydroxyl groups is 1. The molecule has 2 aliphatic rings. The van der Waals surface area contributed by atoms with E-state index in [1.807, 2.05) is 6.07 Å². The van der Waals surface area contributed by atoms with E-state index >= 15 is 0 Å². The third kappa shape index (κ3) is 3.59. The van der Waals surface area contributed by atoms with E-state index < -0.39 is 0 Å². The van der Waals surface area contributed by atoms with Crippen LogP contribution in [0.4, 0.5) is 11.6 Å². The van der Waals surface area contributed by atoms with Crippen molar-refractivity contribution < 1.29 is 14.6 Å². The van der Waals surface area contributed by atoms with Crippen molar-refractivity contribution in [1.82, 2.24) is 9.97 Å². The maximum absolute atomic E-state index is 9.83. The molecule has 3 heterocycles. The van der Waals surface area contributed by atoms with Crippen LogP contribution in [0.5, 0.6) is 5.75 Å². The van der Waals surface area contributed by atoms with Gasteiger partial charge in [-0.1, -0.05) is 12.1 Å². The first-order valence-electron chi connectivity index (χ1n) is 9.06. The first-order valence-corrected chi connectivity index (χ1v) is 9.06. The average Bonchev–Trinajstić information content (AvgIpc) is 3.17. The molecule has 0 saturated carbocycles. The van der Waals surface area contributed by atoms with Gasteiger partial charge in [-0.3, -0.25) is 0 Å². The molecule has 2 aromatic rings. The van der Waals surface area contributed by atoms with Crippen molar-refractivity contribution in [3.63, 3.8) is 0 Å². The summed E-state index contributed by atoms with van der Waals surface area (Å²) in [7, 11) is 0.